The summed E-state index contributed by atoms with van der Waals surface area (Å²) < 4.78 is 5.32. The Morgan fingerprint density at radius 3 is 2.85 bits per heavy atom. The fraction of sp³-hybridized carbons (Fsp3) is 0.533. The lowest BCUT2D eigenvalue weighted by Crippen LogP contribution is -2.36. The van der Waals surface area contributed by atoms with Crippen LogP contribution < -0.4 is 15.4 Å². The Morgan fingerprint density at radius 2 is 2.25 bits per heavy atom. The number of amidine groups is 1. The van der Waals surface area contributed by atoms with Crippen molar-refractivity contribution in [1.82, 2.24) is 0 Å². The van der Waals surface area contributed by atoms with Crippen molar-refractivity contribution in [3.8, 4) is 5.75 Å². The van der Waals surface area contributed by atoms with Crippen LogP contribution in [0.25, 0.3) is 0 Å². The monoisotopic (exact) mass is 277 g/mol. The third-order valence-electron chi connectivity index (χ3n) is 4.12. The lowest BCUT2D eigenvalue weighted by Gasteiger charge is -2.32. The minimum absolute atomic E-state index is 0.136. The first-order chi connectivity index (χ1) is 9.62. The average molecular weight is 277 g/mol. The van der Waals surface area contributed by atoms with Crippen molar-refractivity contribution in [3.63, 3.8) is 0 Å². The maximum absolute atomic E-state index is 8.98. The van der Waals surface area contributed by atoms with Gasteiger partial charge in [0.2, 0.25) is 0 Å². The second-order valence-electron chi connectivity index (χ2n) is 5.26. The molecule has 2 rings (SSSR count). The van der Waals surface area contributed by atoms with Gasteiger partial charge in [-0.25, -0.2) is 0 Å². The molecule has 1 heterocycles. The number of nitrogens with zero attached hydrogens (tertiary/aromatic N) is 2. The summed E-state index contributed by atoms with van der Waals surface area (Å²) in [6.45, 7) is 4.41. The molecule has 0 aromatic heterocycles. The van der Waals surface area contributed by atoms with E-state index in [9.17, 15) is 0 Å². The van der Waals surface area contributed by atoms with Gasteiger partial charge in [-0.2, -0.15) is 0 Å². The zero-order chi connectivity index (χ0) is 14.7. The van der Waals surface area contributed by atoms with E-state index in [1.165, 1.54) is 6.42 Å². The third kappa shape index (κ3) is 2.53. The van der Waals surface area contributed by atoms with Crippen molar-refractivity contribution < 1.29 is 9.94 Å². The van der Waals surface area contributed by atoms with Gasteiger partial charge in [0.05, 0.1) is 12.8 Å². The second kappa shape index (κ2) is 6.03. The highest BCUT2D eigenvalue weighted by Crippen LogP contribution is 2.36. The molecule has 0 bridgehead atoms. The SMILES string of the molecule is CCC1CCC(C)N1c1cc(OC)ccc1/C(N)=N/O. The zero-order valence-corrected chi connectivity index (χ0v) is 12.3. The van der Waals surface area contributed by atoms with Crippen LogP contribution in [-0.2, 0) is 0 Å². The molecule has 0 spiro atoms. The first kappa shape index (κ1) is 14.5. The van der Waals surface area contributed by atoms with Crippen molar-refractivity contribution >= 4 is 11.5 Å². The van der Waals surface area contributed by atoms with Crippen molar-refractivity contribution in [2.24, 2.45) is 10.9 Å². The second-order valence-corrected chi connectivity index (χ2v) is 5.26. The Balaban J connectivity index is 2.51. The maximum Gasteiger partial charge on any atom is 0.172 e. The number of oxime groups is 1. The summed E-state index contributed by atoms with van der Waals surface area (Å²) in [5.41, 5.74) is 7.55. The minimum Gasteiger partial charge on any atom is -0.497 e. The van der Waals surface area contributed by atoms with Gasteiger partial charge in [0.25, 0.3) is 0 Å². The zero-order valence-electron chi connectivity index (χ0n) is 12.3. The Labute approximate surface area is 120 Å². The highest BCUT2D eigenvalue weighted by molar-refractivity contribution is 6.02. The Bertz CT molecular complexity index is 502. The number of nitrogens with two attached hydrogens (primary N) is 1. The third-order valence-corrected chi connectivity index (χ3v) is 4.12. The predicted molar refractivity (Wildman–Crippen MR) is 80.8 cm³/mol. The summed E-state index contributed by atoms with van der Waals surface area (Å²) in [5.74, 6) is 0.917. The van der Waals surface area contributed by atoms with Gasteiger partial charge in [0.15, 0.2) is 5.84 Å². The van der Waals surface area contributed by atoms with Crippen LogP contribution >= 0.6 is 0 Å². The molecule has 5 nitrogen and oxygen atoms in total. The molecular weight excluding hydrogens is 254 g/mol. The first-order valence-corrected chi connectivity index (χ1v) is 7.06. The number of hydrogen-bond acceptors (Lipinski definition) is 4. The molecular formula is C15H23N3O2. The molecule has 2 atom stereocenters. The van der Waals surface area contributed by atoms with E-state index in [1.807, 2.05) is 18.2 Å². The number of hydrogen-bond donors (Lipinski definition) is 2. The van der Waals surface area contributed by atoms with Crippen LogP contribution in [-0.4, -0.2) is 30.2 Å². The molecule has 1 saturated heterocycles. The molecule has 1 aromatic carbocycles. The van der Waals surface area contributed by atoms with Crippen LogP contribution in [0.4, 0.5) is 5.69 Å². The van der Waals surface area contributed by atoms with Crippen molar-refractivity contribution in [3.05, 3.63) is 23.8 Å². The molecule has 1 aromatic rings. The van der Waals surface area contributed by atoms with Crippen LogP contribution in [0.15, 0.2) is 23.4 Å². The van der Waals surface area contributed by atoms with Crippen molar-refractivity contribution in [2.75, 3.05) is 12.0 Å². The fourth-order valence-corrected chi connectivity index (χ4v) is 3.03. The van der Waals surface area contributed by atoms with Crippen LogP contribution in [0.2, 0.25) is 0 Å². The minimum atomic E-state index is 0.136. The molecule has 20 heavy (non-hydrogen) atoms. The van der Waals surface area contributed by atoms with Crippen LogP contribution in [0.5, 0.6) is 5.75 Å². The maximum atomic E-state index is 8.98. The normalized spacial score (nSPS) is 23.1. The van der Waals surface area contributed by atoms with E-state index in [1.54, 1.807) is 7.11 Å². The van der Waals surface area contributed by atoms with Gasteiger partial charge >= 0.3 is 0 Å². The van der Waals surface area contributed by atoms with E-state index >= 15 is 0 Å². The largest absolute Gasteiger partial charge is 0.497 e. The predicted octanol–water partition coefficient (Wildman–Crippen LogP) is 2.56. The molecule has 0 aliphatic carbocycles. The van der Waals surface area contributed by atoms with E-state index in [4.69, 9.17) is 15.7 Å². The Kier molecular flexibility index (Phi) is 4.37. The van der Waals surface area contributed by atoms with Gasteiger partial charge in [-0.1, -0.05) is 12.1 Å². The molecule has 0 radical (unpaired) electrons. The quantitative estimate of drug-likeness (QED) is 0.384. The van der Waals surface area contributed by atoms with Crippen LogP contribution in [0.1, 0.15) is 38.7 Å². The summed E-state index contributed by atoms with van der Waals surface area (Å²) in [6, 6.07) is 6.58. The molecule has 0 saturated carbocycles. The molecule has 110 valence electrons. The summed E-state index contributed by atoms with van der Waals surface area (Å²) in [6.07, 6.45) is 3.41. The van der Waals surface area contributed by atoms with Gasteiger partial charge in [-0.15, -0.1) is 0 Å². The molecule has 1 aliphatic heterocycles. The standard InChI is InChI=1S/C15H23N3O2/c1-4-11-6-5-10(2)18(11)14-9-12(20-3)7-8-13(14)15(16)17-19/h7-11,19H,4-6H2,1-3H3,(H2,16,17). The van der Waals surface area contributed by atoms with E-state index < -0.39 is 0 Å². The highest BCUT2D eigenvalue weighted by atomic mass is 16.5. The van der Waals surface area contributed by atoms with Gasteiger partial charge in [-0.05, 0) is 38.3 Å². The van der Waals surface area contributed by atoms with E-state index in [0.717, 1.165) is 29.8 Å². The van der Waals surface area contributed by atoms with Crippen molar-refractivity contribution in [1.29, 1.82) is 0 Å². The topological polar surface area (TPSA) is 71.1 Å². The molecule has 0 amide bonds. The van der Waals surface area contributed by atoms with Gasteiger partial charge < -0.3 is 20.6 Å². The Hall–Kier alpha value is -1.91. The average Bonchev–Trinajstić information content (AvgIpc) is 2.86. The summed E-state index contributed by atoms with van der Waals surface area (Å²) >= 11 is 0. The van der Waals surface area contributed by atoms with Crippen LogP contribution in [0.3, 0.4) is 0 Å². The number of methoxy groups -OCH3 is 1. The number of anilines is 1. The number of rotatable bonds is 4. The lowest BCUT2D eigenvalue weighted by atomic mass is 10.1. The summed E-state index contributed by atoms with van der Waals surface area (Å²) in [4.78, 5) is 2.37. The van der Waals surface area contributed by atoms with Gasteiger partial charge in [-0.3, -0.25) is 0 Å². The number of benzene rings is 1. The van der Waals surface area contributed by atoms with Crippen LogP contribution in [0, 0.1) is 0 Å². The summed E-state index contributed by atoms with van der Waals surface area (Å²) in [7, 11) is 1.65. The molecule has 1 fully saturated rings. The van der Waals surface area contributed by atoms with E-state index in [2.05, 4.69) is 23.9 Å². The first-order valence-electron chi connectivity index (χ1n) is 7.06. The Morgan fingerprint density at radius 1 is 1.50 bits per heavy atom. The molecule has 2 unspecified atom stereocenters. The molecule has 1 aliphatic rings. The summed E-state index contributed by atoms with van der Waals surface area (Å²) in [5, 5.41) is 12.1. The van der Waals surface area contributed by atoms with E-state index in [-0.39, 0.29) is 5.84 Å². The number of ether oxygens (including phenoxy) is 1. The van der Waals surface area contributed by atoms with E-state index in [0.29, 0.717) is 12.1 Å². The van der Waals surface area contributed by atoms with Gasteiger partial charge in [0.1, 0.15) is 5.75 Å². The fourth-order valence-electron chi connectivity index (χ4n) is 3.03. The molecule has 5 heteroatoms. The smallest absolute Gasteiger partial charge is 0.172 e. The molecule has 3 N–H and O–H groups in total. The van der Waals surface area contributed by atoms with Crippen molar-refractivity contribution in [2.45, 2.75) is 45.2 Å². The highest BCUT2D eigenvalue weighted by Gasteiger charge is 2.31. The lowest BCUT2D eigenvalue weighted by molar-refractivity contribution is 0.318. The van der Waals surface area contributed by atoms with Gasteiger partial charge in [0, 0.05) is 23.7 Å².